The molecule has 1 amide bonds. The maximum atomic E-state index is 11.7. The van der Waals surface area contributed by atoms with Crippen LogP contribution in [0.4, 0.5) is 0 Å². The first kappa shape index (κ1) is 15.4. The van der Waals surface area contributed by atoms with Crippen LogP contribution in [0.15, 0.2) is 0 Å². The molecule has 0 aliphatic rings. The average Bonchev–Trinajstić information content (AvgIpc) is 2.15. The molecule has 0 aromatic carbocycles. The number of aliphatic hydroxyl groups excluding tert-OH is 1. The quantitative estimate of drug-likeness (QED) is 0.693. The molecule has 0 unspecified atom stereocenters. The topological polar surface area (TPSA) is 74.7 Å². The smallest absolute Gasteiger partial charge is 0.238 e. The molecule has 0 heterocycles. The van der Waals surface area contributed by atoms with Crippen LogP contribution in [-0.2, 0) is 14.6 Å². The third kappa shape index (κ3) is 5.46. The van der Waals surface area contributed by atoms with Crippen molar-refractivity contribution >= 4 is 15.7 Å². The molecular formula is C10H21NO4S. The zero-order chi connectivity index (χ0) is 12.8. The number of aliphatic hydroxyl groups is 1. The van der Waals surface area contributed by atoms with E-state index in [0.29, 0.717) is 0 Å². The Bertz CT molecular complexity index is 309. The van der Waals surface area contributed by atoms with E-state index in [1.807, 2.05) is 13.8 Å². The van der Waals surface area contributed by atoms with Gasteiger partial charge < -0.3 is 10.0 Å². The fraction of sp³-hybridized carbons (Fsp3) is 0.900. The van der Waals surface area contributed by atoms with Gasteiger partial charge in [-0.3, -0.25) is 4.79 Å². The van der Waals surface area contributed by atoms with Crippen molar-refractivity contribution in [1.82, 2.24) is 4.90 Å². The molecule has 5 nitrogen and oxygen atoms in total. The van der Waals surface area contributed by atoms with E-state index in [1.165, 1.54) is 4.90 Å². The highest BCUT2D eigenvalue weighted by molar-refractivity contribution is 7.91. The normalized spacial score (nSPS) is 11.8. The van der Waals surface area contributed by atoms with Crippen molar-refractivity contribution in [3.05, 3.63) is 0 Å². The highest BCUT2D eigenvalue weighted by Crippen LogP contribution is 2.09. The fourth-order valence-electron chi connectivity index (χ4n) is 1.66. The molecule has 0 saturated heterocycles. The lowest BCUT2D eigenvalue weighted by atomic mass is 10.1. The lowest BCUT2D eigenvalue weighted by molar-refractivity contribution is -0.131. The second-order valence-electron chi connectivity index (χ2n) is 3.85. The Morgan fingerprint density at radius 3 is 2.12 bits per heavy atom. The summed E-state index contributed by atoms with van der Waals surface area (Å²) in [5, 5.41) is 8.88. The van der Waals surface area contributed by atoms with E-state index in [4.69, 9.17) is 5.11 Å². The lowest BCUT2D eigenvalue weighted by Crippen LogP contribution is -2.44. The van der Waals surface area contributed by atoms with E-state index in [2.05, 4.69) is 0 Å². The molecule has 0 rings (SSSR count). The Balaban J connectivity index is 4.70. The number of hydrogen-bond acceptors (Lipinski definition) is 4. The Morgan fingerprint density at radius 1 is 1.31 bits per heavy atom. The fourth-order valence-corrected chi connectivity index (χ4v) is 2.27. The van der Waals surface area contributed by atoms with Gasteiger partial charge in [0.2, 0.25) is 5.91 Å². The molecule has 16 heavy (non-hydrogen) atoms. The predicted molar refractivity (Wildman–Crippen MR) is 62.9 cm³/mol. The van der Waals surface area contributed by atoms with E-state index in [9.17, 15) is 13.2 Å². The van der Waals surface area contributed by atoms with Crippen molar-refractivity contribution in [3.63, 3.8) is 0 Å². The van der Waals surface area contributed by atoms with Crippen LogP contribution in [0.1, 0.15) is 26.7 Å². The molecule has 0 aromatic rings. The summed E-state index contributed by atoms with van der Waals surface area (Å²) in [4.78, 5) is 13.2. The summed E-state index contributed by atoms with van der Waals surface area (Å²) in [6.07, 6.45) is 2.55. The van der Waals surface area contributed by atoms with E-state index in [-0.39, 0.29) is 19.2 Å². The molecule has 0 saturated carbocycles. The van der Waals surface area contributed by atoms with Crippen molar-refractivity contribution in [3.8, 4) is 0 Å². The molecule has 0 aromatic heterocycles. The highest BCUT2D eigenvalue weighted by Gasteiger charge is 2.23. The number of carbonyl (C=O) groups is 1. The van der Waals surface area contributed by atoms with Crippen molar-refractivity contribution < 1.29 is 18.3 Å². The van der Waals surface area contributed by atoms with Crippen LogP contribution in [0.2, 0.25) is 0 Å². The van der Waals surface area contributed by atoms with Crippen LogP contribution < -0.4 is 0 Å². The molecular weight excluding hydrogens is 230 g/mol. The van der Waals surface area contributed by atoms with Crippen LogP contribution in [-0.4, -0.2) is 55.5 Å². The zero-order valence-corrected chi connectivity index (χ0v) is 11.0. The van der Waals surface area contributed by atoms with Crippen molar-refractivity contribution in [2.75, 3.05) is 25.2 Å². The van der Waals surface area contributed by atoms with Gasteiger partial charge in [-0.2, -0.15) is 0 Å². The van der Waals surface area contributed by atoms with Crippen molar-refractivity contribution in [2.45, 2.75) is 32.7 Å². The van der Waals surface area contributed by atoms with E-state index < -0.39 is 21.5 Å². The minimum atomic E-state index is -3.31. The summed E-state index contributed by atoms with van der Waals surface area (Å²) in [5.41, 5.74) is 0. The third-order valence-electron chi connectivity index (χ3n) is 2.43. The number of carbonyl (C=O) groups excluding carboxylic acids is 1. The largest absolute Gasteiger partial charge is 0.395 e. The van der Waals surface area contributed by atoms with Crippen LogP contribution in [0, 0.1) is 0 Å². The summed E-state index contributed by atoms with van der Waals surface area (Å²) in [7, 11) is -3.31. The molecule has 0 fully saturated rings. The number of rotatable bonds is 7. The van der Waals surface area contributed by atoms with Crippen LogP contribution in [0.5, 0.6) is 0 Å². The first-order valence-electron chi connectivity index (χ1n) is 5.43. The number of hydrogen-bond donors (Lipinski definition) is 1. The predicted octanol–water partition coefficient (Wildman–Crippen LogP) is 0.0405. The van der Waals surface area contributed by atoms with Crippen LogP contribution in [0.25, 0.3) is 0 Å². The van der Waals surface area contributed by atoms with Gasteiger partial charge >= 0.3 is 0 Å². The molecule has 0 radical (unpaired) electrons. The second kappa shape index (κ2) is 6.85. The van der Waals surface area contributed by atoms with Crippen molar-refractivity contribution in [1.29, 1.82) is 0 Å². The van der Waals surface area contributed by atoms with Gasteiger partial charge in [-0.15, -0.1) is 0 Å². The summed E-state index contributed by atoms with van der Waals surface area (Å²) < 4.78 is 22.1. The van der Waals surface area contributed by atoms with Gasteiger partial charge in [0.15, 0.2) is 9.84 Å². The van der Waals surface area contributed by atoms with E-state index >= 15 is 0 Å². The maximum Gasteiger partial charge on any atom is 0.238 e. The van der Waals surface area contributed by atoms with Gasteiger partial charge in [0.1, 0.15) is 5.75 Å². The molecule has 96 valence electrons. The van der Waals surface area contributed by atoms with Crippen molar-refractivity contribution in [2.24, 2.45) is 0 Å². The van der Waals surface area contributed by atoms with Crippen LogP contribution >= 0.6 is 0 Å². The molecule has 0 aliphatic carbocycles. The van der Waals surface area contributed by atoms with Gasteiger partial charge in [-0.25, -0.2) is 8.42 Å². The first-order valence-corrected chi connectivity index (χ1v) is 7.49. The highest BCUT2D eigenvalue weighted by atomic mass is 32.2. The van der Waals surface area contributed by atoms with E-state index in [1.54, 1.807) is 0 Å². The summed E-state index contributed by atoms with van der Waals surface area (Å²) >= 11 is 0. The second-order valence-corrected chi connectivity index (χ2v) is 5.99. The molecule has 0 bridgehead atoms. The van der Waals surface area contributed by atoms with Gasteiger partial charge in [0, 0.05) is 18.8 Å². The minimum Gasteiger partial charge on any atom is -0.395 e. The summed E-state index contributed by atoms with van der Waals surface area (Å²) in [5.74, 6) is -0.908. The Morgan fingerprint density at radius 2 is 1.81 bits per heavy atom. The number of amides is 1. The van der Waals surface area contributed by atoms with E-state index in [0.717, 1.165) is 19.1 Å². The molecule has 0 atom stereocenters. The Hall–Kier alpha value is -0.620. The molecule has 1 N–H and O–H groups in total. The van der Waals surface area contributed by atoms with Gasteiger partial charge in [0.05, 0.1) is 6.61 Å². The third-order valence-corrected chi connectivity index (χ3v) is 3.20. The monoisotopic (exact) mass is 251 g/mol. The SMILES string of the molecule is CCC(CC)N(CCO)C(=O)CS(C)(=O)=O. The van der Waals surface area contributed by atoms with Gasteiger partial charge in [0.25, 0.3) is 0 Å². The summed E-state index contributed by atoms with van der Waals surface area (Å²) in [6.45, 7) is 3.92. The average molecular weight is 251 g/mol. The first-order chi connectivity index (χ1) is 7.35. The number of nitrogens with zero attached hydrogens (tertiary/aromatic N) is 1. The molecule has 0 spiro atoms. The van der Waals surface area contributed by atoms with Gasteiger partial charge in [-0.05, 0) is 12.8 Å². The van der Waals surface area contributed by atoms with Crippen LogP contribution in [0.3, 0.4) is 0 Å². The Kier molecular flexibility index (Phi) is 6.59. The van der Waals surface area contributed by atoms with Gasteiger partial charge in [-0.1, -0.05) is 13.8 Å². The zero-order valence-electron chi connectivity index (χ0n) is 10.1. The number of sulfone groups is 1. The molecule has 6 heteroatoms. The maximum absolute atomic E-state index is 11.7. The molecule has 0 aliphatic heterocycles. The minimum absolute atomic E-state index is 0.00130. The standard InChI is InChI=1S/C10H21NO4S/c1-4-9(5-2)11(6-7-12)10(13)8-16(3,14)15/h9,12H,4-8H2,1-3H3. The lowest BCUT2D eigenvalue weighted by Gasteiger charge is -2.29. The Labute approximate surface area is 97.4 Å². The summed E-state index contributed by atoms with van der Waals surface area (Å²) in [6, 6.07) is 0.00130.